The van der Waals surface area contributed by atoms with E-state index >= 15 is 0 Å². The molecule has 1 amide bonds. The number of nitrogens with two attached hydrogens (primary N) is 1. The van der Waals surface area contributed by atoms with Crippen molar-refractivity contribution < 1.29 is 23.0 Å². The van der Waals surface area contributed by atoms with Crippen LogP contribution in [0.15, 0.2) is 42.5 Å². The molecule has 7 heteroatoms. The van der Waals surface area contributed by atoms with Gasteiger partial charge in [0.1, 0.15) is 11.5 Å². The van der Waals surface area contributed by atoms with Gasteiger partial charge in [0, 0.05) is 5.56 Å². The summed E-state index contributed by atoms with van der Waals surface area (Å²) in [4.78, 5) is 12.2. The number of carbonyl (C=O) groups excluding carboxylic acids is 1. The van der Waals surface area contributed by atoms with Crippen LogP contribution < -0.4 is 20.5 Å². The van der Waals surface area contributed by atoms with Gasteiger partial charge in [-0.25, -0.2) is 0 Å². The summed E-state index contributed by atoms with van der Waals surface area (Å²) < 4.78 is 34.0. The number of halogens is 2. The van der Waals surface area contributed by atoms with E-state index in [-0.39, 0.29) is 17.0 Å². The molecule has 0 fully saturated rings. The van der Waals surface area contributed by atoms with E-state index < -0.39 is 12.5 Å². The minimum Gasteiger partial charge on any atom is -0.495 e. The lowest BCUT2D eigenvalue weighted by atomic mass is 10.1. The molecule has 0 saturated carbocycles. The van der Waals surface area contributed by atoms with Crippen molar-refractivity contribution in [2.75, 3.05) is 18.2 Å². The standard InChI is InChI=1S/C15H14F2N2O3/c1-21-12-7-6-9(8-10(12)18)14(20)19-11-4-2-3-5-13(11)22-15(16)17/h2-8,15H,18H2,1H3,(H,19,20). The minimum atomic E-state index is -2.98. The average Bonchev–Trinajstić information content (AvgIpc) is 2.48. The van der Waals surface area contributed by atoms with Gasteiger partial charge in [-0.15, -0.1) is 0 Å². The molecular formula is C15H14F2N2O3. The largest absolute Gasteiger partial charge is 0.495 e. The topological polar surface area (TPSA) is 73.6 Å². The van der Waals surface area contributed by atoms with Crippen LogP contribution in [0.1, 0.15) is 10.4 Å². The number of nitrogen functional groups attached to an aromatic ring is 1. The van der Waals surface area contributed by atoms with Crippen molar-refractivity contribution >= 4 is 17.3 Å². The maximum absolute atomic E-state index is 12.3. The van der Waals surface area contributed by atoms with Gasteiger partial charge in [0.15, 0.2) is 0 Å². The second-order valence-corrected chi connectivity index (χ2v) is 4.29. The van der Waals surface area contributed by atoms with Crippen LogP contribution in [0.5, 0.6) is 11.5 Å². The van der Waals surface area contributed by atoms with Crippen LogP contribution in [0.3, 0.4) is 0 Å². The predicted octanol–water partition coefficient (Wildman–Crippen LogP) is 3.13. The van der Waals surface area contributed by atoms with E-state index in [4.69, 9.17) is 10.5 Å². The molecule has 0 bridgehead atoms. The first-order valence-corrected chi connectivity index (χ1v) is 6.30. The van der Waals surface area contributed by atoms with Gasteiger partial charge in [0.25, 0.3) is 5.91 Å². The lowest BCUT2D eigenvalue weighted by Gasteiger charge is -2.12. The SMILES string of the molecule is COc1ccc(C(=O)Nc2ccccc2OC(F)F)cc1N. The van der Waals surface area contributed by atoms with E-state index in [2.05, 4.69) is 10.1 Å². The van der Waals surface area contributed by atoms with Crippen LogP contribution in [0.2, 0.25) is 0 Å². The van der Waals surface area contributed by atoms with Crippen LogP contribution in [-0.2, 0) is 0 Å². The van der Waals surface area contributed by atoms with E-state index in [1.54, 1.807) is 12.1 Å². The van der Waals surface area contributed by atoms with Gasteiger partial charge in [-0.3, -0.25) is 4.79 Å². The lowest BCUT2D eigenvalue weighted by Crippen LogP contribution is -2.14. The molecule has 0 saturated heterocycles. The fraction of sp³-hybridized carbons (Fsp3) is 0.133. The van der Waals surface area contributed by atoms with Crippen LogP contribution in [0.25, 0.3) is 0 Å². The van der Waals surface area contributed by atoms with Crippen LogP contribution >= 0.6 is 0 Å². The van der Waals surface area contributed by atoms with Crippen molar-refractivity contribution in [1.29, 1.82) is 0 Å². The Morgan fingerprint density at radius 2 is 1.91 bits per heavy atom. The Labute approximate surface area is 125 Å². The number of amides is 1. The molecule has 0 aromatic heterocycles. The second-order valence-electron chi connectivity index (χ2n) is 4.29. The molecule has 5 nitrogen and oxygen atoms in total. The third kappa shape index (κ3) is 3.63. The Bertz CT molecular complexity index is 678. The highest BCUT2D eigenvalue weighted by molar-refractivity contribution is 6.05. The molecule has 0 radical (unpaired) electrons. The first-order valence-electron chi connectivity index (χ1n) is 6.30. The lowest BCUT2D eigenvalue weighted by molar-refractivity contribution is -0.0493. The Kier molecular flexibility index (Phi) is 4.77. The summed E-state index contributed by atoms with van der Waals surface area (Å²) >= 11 is 0. The molecule has 0 unspecified atom stereocenters. The zero-order valence-electron chi connectivity index (χ0n) is 11.7. The van der Waals surface area contributed by atoms with Crippen molar-refractivity contribution in [3.8, 4) is 11.5 Å². The number of hydrogen-bond donors (Lipinski definition) is 2. The predicted molar refractivity (Wildman–Crippen MR) is 78.4 cm³/mol. The third-order valence-electron chi connectivity index (χ3n) is 2.84. The minimum absolute atomic E-state index is 0.118. The molecule has 116 valence electrons. The molecule has 2 rings (SSSR count). The molecule has 3 N–H and O–H groups in total. The highest BCUT2D eigenvalue weighted by Gasteiger charge is 2.13. The number of alkyl halides is 2. The summed E-state index contributed by atoms with van der Waals surface area (Å²) in [6.45, 7) is -2.98. The van der Waals surface area contributed by atoms with Gasteiger partial charge in [0.2, 0.25) is 0 Å². The average molecular weight is 308 g/mol. The molecule has 22 heavy (non-hydrogen) atoms. The van der Waals surface area contributed by atoms with Crippen molar-refractivity contribution in [3.05, 3.63) is 48.0 Å². The third-order valence-corrected chi connectivity index (χ3v) is 2.84. The number of nitrogens with one attached hydrogen (secondary N) is 1. The molecule has 0 aliphatic carbocycles. The second kappa shape index (κ2) is 6.75. The molecule has 2 aromatic rings. The number of para-hydroxylation sites is 2. The normalized spacial score (nSPS) is 10.4. The summed E-state index contributed by atoms with van der Waals surface area (Å²) in [5.41, 5.74) is 6.44. The molecule has 0 aliphatic heterocycles. The van der Waals surface area contributed by atoms with Gasteiger partial charge < -0.3 is 20.5 Å². The summed E-state index contributed by atoms with van der Waals surface area (Å²) in [5.74, 6) is -0.176. The number of carbonyl (C=O) groups is 1. The summed E-state index contributed by atoms with van der Waals surface area (Å²) in [5, 5.41) is 2.50. The number of methoxy groups -OCH3 is 1. The molecule has 0 atom stereocenters. The van der Waals surface area contributed by atoms with Gasteiger partial charge >= 0.3 is 6.61 Å². The monoisotopic (exact) mass is 308 g/mol. The van der Waals surface area contributed by atoms with E-state index in [0.717, 1.165) is 0 Å². The van der Waals surface area contributed by atoms with Gasteiger partial charge in [0.05, 0.1) is 18.5 Å². The summed E-state index contributed by atoms with van der Waals surface area (Å²) in [7, 11) is 1.46. The molecule has 0 aliphatic rings. The Morgan fingerprint density at radius 3 is 2.55 bits per heavy atom. The summed E-state index contributed by atoms with van der Waals surface area (Å²) in [6.07, 6.45) is 0. The quantitative estimate of drug-likeness (QED) is 0.832. The number of ether oxygens (including phenoxy) is 2. The van der Waals surface area contributed by atoms with E-state index in [1.165, 1.54) is 37.4 Å². The Hall–Kier alpha value is -2.83. The maximum atomic E-state index is 12.3. The molecule has 0 spiro atoms. The van der Waals surface area contributed by atoms with Gasteiger partial charge in [-0.1, -0.05) is 12.1 Å². The van der Waals surface area contributed by atoms with Crippen molar-refractivity contribution in [2.24, 2.45) is 0 Å². The number of hydrogen-bond acceptors (Lipinski definition) is 4. The number of rotatable bonds is 5. The van der Waals surface area contributed by atoms with Crippen molar-refractivity contribution in [1.82, 2.24) is 0 Å². The smallest absolute Gasteiger partial charge is 0.387 e. The van der Waals surface area contributed by atoms with Gasteiger partial charge in [-0.05, 0) is 30.3 Å². The Morgan fingerprint density at radius 1 is 1.18 bits per heavy atom. The maximum Gasteiger partial charge on any atom is 0.387 e. The van der Waals surface area contributed by atoms with E-state index in [9.17, 15) is 13.6 Å². The van der Waals surface area contributed by atoms with Crippen molar-refractivity contribution in [2.45, 2.75) is 6.61 Å². The first kappa shape index (κ1) is 15.6. The first-order chi connectivity index (χ1) is 10.5. The van der Waals surface area contributed by atoms with Crippen LogP contribution in [0, 0.1) is 0 Å². The van der Waals surface area contributed by atoms with Crippen LogP contribution in [0.4, 0.5) is 20.2 Å². The van der Waals surface area contributed by atoms with Gasteiger partial charge in [-0.2, -0.15) is 8.78 Å². The summed E-state index contributed by atoms with van der Waals surface area (Å²) in [6, 6.07) is 10.4. The van der Waals surface area contributed by atoms with E-state index in [1.807, 2.05) is 0 Å². The molecule has 2 aromatic carbocycles. The number of anilines is 2. The highest BCUT2D eigenvalue weighted by Crippen LogP contribution is 2.27. The Balaban J connectivity index is 2.20. The molecule has 0 heterocycles. The molecular weight excluding hydrogens is 294 g/mol. The highest BCUT2D eigenvalue weighted by atomic mass is 19.3. The van der Waals surface area contributed by atoms with E-state index in [0.29, 0.717) is 11.4 Å². The number of benzene rings is 2. The fourth-order valence-electron chi connectivity index (χ4n) is 1.84. The zero-order chi connectivity index (χ0) is 16.1. The fourth-order valence-corrected chi connectivity index (χ4v) is 1.84. The van der Waals surface area contributed by atoms with Crippen LogP contribution in [-0.4, -0.2) is 19.6 Å². The zero-order valence-corrected chi connectivity index (χ0v) is 11.7. The van der Waals surface area contributed by atoms with Crippen molar-refractivity contribution in [3.63, 3.8) is 0 Å².